The monoisotopic (exact) mass is 139 g/mol. The summed E-state index contributed by atoms with van der Waals surface area (Å²) in [7, 11) is 0. The first-order chi connectivity index (χ1) is 4.72. The molecule has 10 heavy (non-hydrogen) atoms. The molecule has 0 saturated heterocycles. The van der Waals surface area contributed by atoms with Crippen molar-refractivity contribution in [3.8, 4) is 0 Å². The van der Waals surface area contributed by atoms with Crippen LogP contribution < -0.4 is 0 Å². The predicted octanol–water partition coefficient (Wildman–Crippen LogP) is 3.03. The van der Waals surface area contributed by atoms with Gasteiger partial charge in [-0.25, -0.2) is 0 Å². The molecule has 0 heterocycles. The second-order valence-electron chi connectivity index (χ2n) is 2.59. The van der Waals surface area contributed by atoms with Crippen molar-refractivity contribution in [3.63, 3.8) is 0 Å². The number of hydrogen-bond acceptors (Lipinski definition) is 1. The fourth-order valence-electron chi connectivity index (χ4n) is 0.641. The zero-order valence-electron chi connectivity index (χ0n) is 7.39. The van der Waals surface area contributed by atoms with Crippen LogP contribution in [-0.4, -0.2) is 6.21 Å². The minimum Gasteiger partial charge on any atom is -0.269 e. The summed E-state index contributed by atoms with van der Waals surface area (Å²) in [6.45, 7) is 8.47. The molecule has 1 nitrogen and oxygen atoms in total. The van der Waals surface area contributed by atoms with Crippen molar-refractivity contribution in [1.82, 2.24) is 0 Å². The Kier molecular flexibility index (Phi) is 4.91. The Morgan fingerprint density at radius 1 is 1.60 bits per heavy atom. The number of allylic oxidation sites excluding steroid dienone is 1. The van der Waals surface area contributed by atoms with E-state index in [-0.39, 0.29) is 0 Å². The van der Waals surface area contributed by atoms with E-state index in [2.05, 4.69) is 25.8 Å². The van der Waals surface area contributed by atoms with Gasteiger partial charge in [-0.15, -0.1) is 0 Å². The van der Waals surface area contributed by atoms with Gasteiger partial charge in [0.1, 0.15) is 0 Å². The van der Waals surface area contributed by atoms with Crippen molar-refractivity contribution < 1.29 is 0 Å². The molecule has 0 N–H and O–H groups in total. The minimum atomic E-state index is 0.670. The van der Waals surface area contributed by atoms with E-state index in [0.29, 0.717) is 5.92 Å². The van der Waals surface area contributed by atoms with E-state index in [1.54, 1.807) is 0 Å². The zero-order chi connectivity index (χ0) is 7.98. The van der Waals surface area contributed by atoms with Gasteiger partial charge in [0.25, 0.3) is 0 Å². The second kappa shape index (κ2) is 5.21. The summed E-state index contributed by atoms with van der Waals surface area (Å²) < 4.78 is 0. The molecule has 1 unspecified atom stereocenters. The van der Waals surface area contributed by atoms with E-state index >= 15 is 0 Å². The van der Waals surface area contributed by atoms with Crippen LogP contribution in [0.1, 0.15) is 34.1 Å². The molecule has 0 aliphatic heterocycles. The van der Waals surface area contributed by atoms with E-state index in [0.717, 1.165) is 0 Å². The second-order valence-corrected chi connectivity index (χ2v) is 2.59. The average Bonchev–Trinajstić information content (AvgIpc) is 1.98. The fraction of sp³-hybridized carbons (Fsp3) is 0.667. The fourth-order valence-corrected chi connectivity index (χ4v) is 0.641. The van der Waals surface area contributed by atoms with Gasteiger partial charge in [-0.2, -0.15) is 0 Å². The largest absolute Gasteiger partial charge is 0.269 e. The molecule has 0 aliphatic rings. The maximum absolute atomic E-state index is 4.05. The zero-order valence-corrected chi connectivity index (χ0v) is 7.39. The lowest BCUT2D eigenvalue weighted by atomic mass is 10.0. The summed E-state index contributed by atoms with van der Waals surface area (Å²) in [4.78, 5) is 4.05. The van der Waals surface area contributed by atoms with Crippen LogP contribution >= 0.6 is 0 Å². The normalized spacial score (nSPS) is 16.2. The first kappa shape index (κ1) is 9.41. The molecule has 0 rings (SSSR count). The van der Waals surface area contributed by atoms with Crippen LogP contribution in [-0.2, 0) is 0 Å². The van der Waals surface area contributed by atoms with Crippen LogP contribution in [0.15, 0.2) is 16.8 Å². The third-order valence-corrected chi connectivity index (χ3v) is 1.82. The molecule has 0 aromatic carbocycles. The van der Waals surface area contributed by atoms with Crippen molar-refractivity contribution >= 4 is 6.21 Å². The molecule has 0 spiro atoms. The maximum atomic E-state index is 4.05. The maximum Gasteiger partial charge on any atom is 0.0255 e. The van der Waals surface area contributed by atoms with Gasteiger partial charge in [-0.1, -0.05) is 19.4 Å². The minimum absolute atomic E-state index is 0.670. The lowest BCUT2D eigenvalue weighted by Crippen LogP contribution is -1.92. The lowest BCUT2D eigenvalue weighted by Gasteiger charge is -2.06. The van der Waals surface area contributed by atoms with E-state index < -0.39 is 0 Å². The predicted molar refractivity (Wildman–Crippen MR) is 47.4 cm³/mol. The molecule has 0 saturated carbocycles. The molecule has 58 valence electrons. The Hall–Kier alpha value is -0.590. The molecular formula is C9H17N. The highest BCUT2D eigenvalue weighted by atomic mass is 14.7. The van der Waals surface area contributed by atoms with E-state index in [4.69, 9.17) is 0 Å². The molecule has 0 bridgehead atoms. The molecule has 0 aliphatic carbocycles. The summed E-state index contributed by atoms with van der Waals surface area (Å²) in [5.74, 6) is 0.670. The number of nitrogens with zero attached hydrogens (tertiary/aromatic N) is 1. The van der Waals surface area contributed by atoms with Crippen molar-refractivity contribution in [2.45, 2.75) is 34.1 Å². The Morgan fingerprint density at radius 2 is 2.20 bits per heavy atom. The Bertz CT molecular complexity index is 134. The molecule has 0 aromatic rings. The molecule has 1 heteroatoms. The van der Waals surface area contributed by atoms with Gasteiger partial charge in [0, 0.05) is 12.4 Å². The smallest absolute Gasteiger partial charge is 0.0255 e. The summed E-state index contributed by atoms with van der Waals surface area (Å²) in [5.41, 5.74) is 1.36. The highest BCUT2D eigenvalue weighted by Gasteiger charge is 1.98. The average molecular weight is 139 g/mol. The SMILES string of the molecule is CC=NC=C(C)C(C)CC. The molecule has 0 amide bonds. The van der Waals surface area contributed by atoms with Crippen LogP contribution in [0, 0.1) is 5.92 Å². The van der Waals surface area contributed by atoms with Gasteiger partial charge in [0.2, 0.25) is 0 Å². The molecule has 0 radical (unpaired) electrons. The summed E-state index contributed by atoms with van der Waals surface area (Å²) in [6, 6.07) is 0. The summed E-state index contributed by atoms with van der Waals surface area (Å²) >= 11 is 0. The quantitative estimate of drug-likeness (QED) is 0.533. The number of hydrogen-bond donors (Lipinski definition) is 0. The molecule has 1 atom stereocenters. The van der Waals surface area contributed by atoms with Crippen LogP contribution in [0.4, 0.5) is 0 Å². The summed E-state index contributed by atoms with van der Waals surface area (Å²) in [5, 5.41) is 0. The first-order valence-electron chi connectivity index (χ1n) is 3.86. The van der Waals surface area contributed by atoms with Crippen LogP contribution in [0.2, 0.25) is 0 Å². The number of aliphatic imine (C=N–C) groups is 1. The van der Waals surface area contributed by atoms with Gasteiger partial charge < -0.3 is 0 Å². The summed E-state index contributed by atoms with van der Waals surface area (Å²) in [6.07, 6.45) is 4.95. The Morgan fingerprint density at radius 3 is 2.60 bits per heavy atom. The lowest BCUT2D eigenvalue weighted by molar-refractivity contribution is 0.654. The van der Waals surface area contributed by atoms with E-state index in [1.807, 2.05) is 19.3 Å². The third kappa shape index (κ3) is 3.44. The van der Waals surface area contributed by atoms with Crippen LogP contribution in [0.5, 0.6) is 0 Å². The van der Waals surface area contributed by atoms with Crippen molar-refractivity contribution in [2.24, 2.45) is 10.9 Å². The van der Waals surface area contributed by atoms with Crippen molar-refractivity contribution in [1.29, 1.82) is 0 Å². The Balaban J connectivity index is 3.91. The topological polar surface area (TPSA) is 12.4 Å². The standard InChI is InChI=1S/C9H17N/c1-5-8(3)9(4)7-10-6-2/h6-8H,5H2,1-4H3. The molecular weight excluding hydrogens is 122 g/mol. The van der Waals surface area contributed by atoms with Gasteiger partial charge in [0.15, 0.2) is 0 Å². The highest BCUT2D eigenvalue weighted by Crippen LogP contribution is 2.12. The molecule has 0 aromatic heterocycles. The van der Waals surface area contributed by atoms with Gasteiger partial charge >= 0.3 is 0 Å². The van der Waals surface area contributed by atoms with Crippen molar-refractivity contribution in [2.75, 3.05) is 0 Å². The third-order valence-electron chi connectivity index (χ3n) is 1.82. The first-order valence-corrected chi connectivity index (χ1v) is 3.86. The van der Waals surface area contributed by atoms with E-state index in [1.165, 1.54) is 12.0 Å². The van der Waals surface area contributed by atoms with Gasteiger partial charge in [-0.3, -0.25) is 4.99 Å². The highest BCUT2D eigenvalue weighted by molar-refractivity contribution is 5.54. The van der Waals surface area contributed by atoms with Crippen LogP contribution in [0.25, 0.3) is 0 Å². The van der Waals surface area contributed by atoms with E-state index in [9.17, 15) is 0 Å². The van der Waals surface area contributed by atoms with Gasteiger partial charge in [0.05, 0.1) is 0 Å². The van der Waals surface area contributed by atoms with Crippen LogP contribution in [0.3, 0.4) is 0 Å². The van der Waals surface area contributed by atoms with Gasteiger partial charge in [-0.05, 0) is 26.2 Å². The molecule has 0 fully saturated rings. The Labute approximate surface area is 63.9 Å². The van der Waals surface area contributed by atoms with Crippen molar-refractivity contribution in [3.05, 3.63) is 11.8 Å². The number of rotatable bonds is 3.